The third-order valence-electron chi connectivity index (χ3n) is 2.11. The molecule has 0 unspecified atom stereocenters. The van der Waals surface area contributed by atoms with Crippen molar-refractivity contribution in [3.05, 3.63) is 40.8 Å². The van der Waals surface area contributed by atoms with Crippen LogP contribution in [0.25, 0.3) is 0 Å². The number of nitrogens with zero attached hydrogens (tertiary/aromatic N) is 2. The quantitative estimate of drug-likeness (QED) is 0.643. The van der Waals surface area contributed by atoms with Gasteiger partial charge in [0.25, 0.3) is 0 Å². The van der Waals surface area contributed by atoms with Gasteiger partial charge in [-0.25, -0.2) is 0 Å². The molecule has 0 saturated heterocycles. The van der Waals surface area contributed by atoms with E-state index in [-0.39, 0.29) is 5.78 Å². The van der Waals surface area contributed by atoms with Gasteiger partial charge in [0.2, 0.25) is 4.77 Å². The van der Waals surface area contributed by atoms with Crippen molar-refractivity contribution in [1.29, 1.82) is 0 Å². The summed E-state index contributed by atoms with van der Waals surface area (Å²) in [5.41, 5.74) is 1.41. The minimum Gasteiger partial charge on any atom is -0.339 e. The molecule has 0 spiro atoms. The van der Waals surface area contributed by atoms with Crippen LogP contribution >= 0.6 is 12.2 Å². The first kappa shape index (κ1) is 11.4. The lowest BCUT2D eigenvalue weighted by Gasteiger charge is -2.05. The number of carbonyl (C=O) groups is 1. The van der Waals surface area contributed by atoms with E-state index in [0.717, 1.165) is 5.69 Å². The number of benzene rings is 1. The van der Waals surface area contributed by atoms with Gasteiger partial charge in [0, 0.05) is 11.3 Å². The van der Waals surface area contributed by atoms with E-state index in [9.17, 15) is 4.79 Å². The van der Waals surface area contributed by atoms with E-state index in [1.54, 1.807) is 18.2 Å². The number of aromatic amines is 1. The fraction of sp³-hybridized carbons (Fsp3) is 0.0909. The second-order valence-electron chi connectivity index (χ2n) is 3.43. The summed E-state index contributed by atoms with van der Waals surface area (Å²) in [5.74, 6) is 0.555. The molecular weight excluding hydrogens is 236 g/mol. The van der Waals surface area contributed by atoms with Crippen LogP contribution < -0.4 is 5.32 Å². The van der Waals surface area contributed by atoms with Crippen molar-refractivity contribution in [3.8, 4) is 0 Å². The number of H-pyrrole nitrogens is 1. The molecule has 0 saturated carbocycles. The summed E-state index contributed by atoms with van der Waals surface area (Å²) in [4.78, 5) is 15.3. The molecule has 0 amide bonds. The molecule has 5 nitrogen and oxygen atoms in total. The molecule has 86 valence electrons. The van der Waals surface area contributed by atoms with Crippen LogP contribution in [-0.2, 0) is 0 Å². The Labute approximate surface area is 103 Å². The van der Waals surface area contributed by atoms with Crippen LogP contribution in [0.4, 0.5) is 11.5 Å². The Morgan fingerprint density at radius 3 is 3.00 bits per heavy atom. The first-order valence-electron chi connectivity index (χ1n) is 4.95. The van der Waals surface area contributed by atoms with E-state index in [2.05, 4.69) is 20.5 Å². The lowest BCUT2D eigenvalue weighted by atomic mass is 10.1. The van der Waals surface area contributed by atoms with E-state index in [4.69, 9.17) is 12.2 Å². The Bertz CT molecular complexity index is 608. The molecule has 1 heterocycles. The van der Waals surface area contributed by atoms with E-state index in [1.807, 2.05) is 6.07 Å². The predicted molar refractivity (Wildman–Crippen MR) is 66.9 cm³/mol. The summed E-state index contributed by atoms with van der Waals surface area (Å²) in [6.45, 7) is 1.53. The molecule has 0 radical (unpaired) electrons. The topological polar surface area (TPSA) is 70.7 Å². The maximum Gasteiger partial charge on any atom is 0.215 e. The van der Waals surface area contributed by atoms with E-state index in [0.29, 0.717) is 16.2 Å². The number of hydrogen-bond donors (Lipinski definition) is 2. The number of aromatic nitrogens is 3. The summed E-state index contributed by atoms with van der Waals surface area (Å²) < 4.78 is 0.303. The highest BCUT2D eigenvalue weighted by molar-refractivity contribution is 7.71. The molecule has 0 bridgehead atoms. The van der Waals surface area contributed by atoms with Crippen molar-refractivity contribution < 1.29 is 4.79 Å². The highest BCUT2D eigenvalue weighted by atomic mass is 32.1. The lowest BCUT2D eigenvalue weighted by molar-refractivity contribution is 0.101. The molecule has 0 aliphatic rings. The largest absolute Gasteiger partial charge is 0.339 e. The Morgan fingerprint density at radius 2 is 2.29 bits per heavy atom. The van der Waals surface area contributed by atoms with Crippen LogP contribution in [0, 0.1) is 4.77 Å². The monoisotopic (exact) mass is 246 g/mol. The smallest absolute Gasteiger partial charge is 0.215 e. The molecule has 2 N–H and O–H groups in total. The number of carbonyl (C=O) groups excluding carboxylic acids is 1. The highest BCUT2D eigenvalue weighted by Gasteiger charge is 2.01. The molecule has 2 aromatic rings. The average molecular weight is 246 g/mol. The van der Waals surface area contributed by atoms with Crippen molar-refractivity contribution in [3.63, 3.8) is 0 Å². The van der Waals surface area contributed by atoms with E-state index >= 15 is 0 Å². The van der Waals surface area contributed by atoms with E-state index in [1.165, 1.54) is 13.1 Å². The minimum atomic E-state index is 0.0186. The number of hydrogen-bond acceptors (Lipinski definition) is 5. The zero-order valence-electron chi connectivity index (χ0n) is 9.10. The Hall–Kier alpha value is -2.08. The van der Waals surface area contributed by atoms with Crippen LogP contribution in [0.5, 0.6) is 0 Å². The summed E-state index contributed by atoms with van der Waals surface area (Å²) >= 11 is 4.86. The molecule has 0 aliphatic heterocycles. The zero-order chi connectivity index (χ0) is 12.3. The maximum atomic E-state index is 11.2. The maximum absolute atomic E-state index is 11.2. The van der Waals surface area contributed by atoms with Gasteiger partial charge in [0.1, 0.15) is 0 Å². The van der Waals surface area contributed by atoms with Gasteiger partial charge < -0.3 is 5.32 Å². The average Bonchev–Trinajstić information content (AvgIpc) is 2.29. The van der Waals surface area contributed by atoms with Crippen molar-refractivity contribution in [2.45, 2.75) is 6.92 Å². The normalized spacial score (nSPS) is 9.94. The molecule has 1 aromatic carbocycles. The van der Waals surface area contributed by atoms with Crippen LogP contribution in [0.1, 0.15) is 17.3 Å². The van der Waals surface area contributed by atoms with Gasteiger partial charge in [-0.2, -0.15) is 10.1 Å². The van der Waals surface area contributed by atoms with Crippen molar-refractivity contribution in [1.82, 2.24) is 15.2 Å². The molecule has 17 heavy (non-hydrogen) atoms. The van der Waals surface area contributed by atoms with Crippen molar-refractivity contribution >= 4 is 29.5 Å². The summed E-state index contributed by atoms with van der Waals surface area (Å²) in [7, 11) is 0. The van der Waals surface area contributed by atoms with Crippen molar-refractivity contribution in [2.75, 3.05) is 5.32 Å². The summed E-state index contributed by atoms with van der Waals surface area (Å²) in [5, 5.41) is 9.39. The van der Waals surface area contributed by atoms with Gasteiger partial charge in [-0.3, -0.25) is 9.89 Å². The zero-order valence-corrected chi connectivity index (χ0v) is 9.91. The fourth-order valence-electron chi connectivity index (χ4n) is 1.34. The number of rotatable bonds is 3. The number of ketones is 1. The fourth-order valence-corrected chi connectivity index (χ4v) is 1.49. The van der Waals surface area contributed by atoms with Gasteiger partial charge in [-0.05, 0) is 31.3 Å². The van der Waals surface area contributed by atoms with Gasteiger partial charge in [-0.1, -0.05) is 12.1 Å². The number of anilines is 2. The van der Waals surface area contributed by atoms with Gasteiger partial charge in [0.15, 0.2) is 11.6 Å². The second kappa shape index (κ2) is 4.84. The molecule has 2 rings (SSSR count). The molecule has 0 fully saturated rings. The Balaban J connectivity index is 2.27. The van der Waals surface area contributed by atoms with Crippen LogP contribution in [0.15, 0.2) is 30.5 Å². The third-order valence-corrected chi connectivity index (χ3v) is 2.29. The number of nitrogens with one attached hydrogen (secondary N) is 2. The van der Waals surface area contributed by atoms with E-state index < -0.39 is 0 Å². The van der Waals surface area contributed by atoms with Crippen LogP contribution in [0.3, 0.4) is 0 Å². The lowest BCUT2D eigenvalue weighted by Crippen LogP contribution is -1.98. The van der Waals surface area contributed by atoms with Crippen LogP contribution in [0.2, 0.25) is 0 Å². The first-order valence-corrected chi connectivity index (χ1v) is 5.36. The van der Waals surface area contributed by atoms with Crippen LogP contribution in [-0.4, -0.2) is 21.0 Å². The molecule has 0 atom stereocenters. The van der Waals surface area contributed by atoms with Crippen molar-refractivity contribution in [2.24, 2.45) is 0 Å². The van der Waals surface area contributed by atoms with Gasteiger partial charge in [-0.15, -0.1) is 0 Å². The third kappa shape index (κ3) is 2.94. The molecule has 0 aliphatic carbocycles. The van der Waals surface area contributed by atoms with Gasteiger partial charge >= 0.3 is 0 Å². The first-order chi connectivity index (χ1) is 8.15. The molecule has 1 aromatic heterocycles. The second-order valence-corrected chi connectivity index (χ2v) is 3.82. The van der Waals surface area contributed by atoms with Gasteiger partial charge in [0.05, 0.1) is 6.20 Å². The highest BCUT2D eigenvalue weighted by Crippen LogP contribution is 2.15. The SMILES string of the molecule is CC(=O)c1cccc(Nc2cn[nH]c(=S)n2)c1. The summed E-state index contributed by atoms with van der Waals surface area (Å²) in [6.07, 6.45) is 1.52. The standard InChI is InChI=1S/C11H10N4OS/c1-7(16)8-3-2-4-9(5-8)13-10-6-12-15-11(17)14-10/h2-6H,1H3,(H2,13,14,15,17). The number of Topliss-reactive ketones (excluding diaryl/α,β-unsaturated/α-hetero) is 1. The molecular formula is C11H10N4OS. The summed E-state index contributed by atoms with van der Waals surface area (Å²) in [6, 6.07) is 7.16. The Kier molecular flexibility index (Phi) is 3.24. The predicted octanol–water partition coefficient (Wildman–Crippen LogP) is 2.48. The minimum absolute atomic E-state index is 0.0186. The molecule has 6 heteroatoms. The Morgan fingerprint density at radius 1 is 1.47 bits per heavy atom.